The minimum Gasteiger partial charge on any atom is -0.388 e. The Morgan fingerprint density at radius 1 is 1.37 bits per heavy atom. The molecule has 1 aromatic heterocycles. The average Bonchev–Trinajstić information content (AvgIpc) is 2.79. The monoisotopic (exact) mass is 279 g/mol. The zero-order valence-electron chi connectivity index (χ0n) is 10.4. The van der Waals surface area contributed by atoms with Crippen LogP contribution in [0.2, 0.25) is 5.02 Å². The molecule has 0 amide bonds. The quantitative estimate of drug-likeness (QED) is 0.891. The molecule has 1 atom stereocenters. The van der Waals surface area contributed by atoms with Gasteiger partial charge in [0.05, 0.1) is 11.1 Å². The molecular formula is C15H15ClFNO. The molecule has 4 heteroatoms. The first-order valence-corrected chi connectivity index (χ1v) is 6.82. The molecule has 0 radical (unpaired) electrons. The van der Waals surface area contributed by atoms with Gasteiger partial charge in [0, 0.05) is 30.1 Å². The van der Waals surface area contributed by atoms with E-state index in [1.807, 2.05) is 17.0 Å². The van der Waals surface area contributed by atoms with Crippen molar-refractivity contribution in [2.75, 3.05) is 0 Å². The van der Waals surface area contributed by atoms with Crippen LogP contribution in [0.1, 0.15) is 35.6 Å². The molecule has 1 aliphatic rings. The topological polar surface area (TPSA) is 25.2 Å². The summed E-state index contributed by atoms with van der Waals surface area (Å²) in [5.74, 6) is -0.364. The van der Waals surface area contributed by atoms with Crippen molar-refractivity contribution < 1.29 is 9.50 Å². The van der Waals surface area contributed by atoms with E-state index >= 15 is 0 Å². The number of aromatic nitrogens is 1. The van der Waals surface area contributed by atoms with E-state index in [1.54, 1.807) is 18.2 Å². The third-order valence-corrected chi connectivity index (χ3v) is 3.96. The standard InChI is InChI=1S/C15H15ClFNO/c16-13-5-1-4-11(15(13)17)8-18-7-10-3-2-6-14(19)12(10)9-18/h1,4-5,7,9,14,19H,2-3,6,8H2. The van der Waals surface area contributed by atoms with Crippen LogP contribution in [-0.2, 0) is 13.0 Å². The highest BCUT2D eigenvalue weighted by Gasteiger charge is 2.20. The van der Waals surface area contributed by atoms with Crippen LogP contribution in [0.25, 0.3) is 0 Å². The molecule has 0 saturated heterocycles. The van der Waals surface area contributed by atoms with E-state index in [1.165, 1.54) is 5.56 Å². The molecule has 1 aliphatic carbocycles. The lowest BCUT2D eigenvalue weighted by Crippen LogP contribution is -2.05. The molecule has 19 heavy (non-hydrogen) atoms. The van der Waals surface area contributed by atoms with Gasteiger partial charge in [-0.25, -0.2) is 4.39 Å². The summed E-state index contributed by atoms with van der Waals surface area (Å²) in [5.41, 5.74) is 2.71. The molecule has 2 nitrogen and oxygen atoms in total. The number of benzene rings is 1. The Bertz CT molecular complexity index is 608. The Balaban J connectivity index is 1.90. The van der Waals surface area contributed by atoms with E-state index < -0.39 is 0 Å². The van der Waals surface area contributed by atoms with E-state index in [4.69, 9.17) is 11.6 Å². The SMILES string of the molecule is OC1CCCc2cn(Cc3cccc(Cl)c3F)cc21. The first-order chi connectivity index (χ1) is 9.15. The number of nitrogens with zero attached hydrogens (tertiary/aromatic N) is 1. The highest BCUT2D eigenvalue weighted by molar-refractivity contribution is 6.30. The van der Waals surface area contributed by atoms with Crippen LogP contribution in [0.4, 0.5) is 4.39 Å². The minimum atomic E-state index is -0.380. The fraction of sp³-hybridized carbons (Fsp3) is 0.333. The summed E-state index contributed by atoms with van der Waals surface area (Å²) < 4.78 is 15.8. The van der Waals surface area contributed by atoms with Crippen molar-refractivity contribution in [3.05, 3.63) is 58.1 Å². The highest BCUT2D eigenvalue weighted by atomic mass is 35.5. The second-order valence-corrected chi connectivity index (χ2v) is 5.44. The minimum absolute atomic E-state index is 0.148. The Morgan fingerprint density at radius 2 is 2.21 bits per heavy atom. The summed E-state index contributed by atoms with van der Waals surface area (Å²) in [6.45, 7) is 0.437. The number of aliphatic hydroxyl groups is 1. The van der Waals surface area contributed by atoms with Gasteiger partial charge in [0.2, 0.25) is 0 Å². The van der Waals surface area contributed by atoms with E-state index in [-0.39, 0.29) is 16.9 Å². The maximum Gasteiger partial charge on any atom is 0.146 e. The van der Waals surface area contributed by atoms with Gasteiger partial charge < -0.3 is 9.67 Å². The van der Waals surface area contributed by atoms with Crippen LogP contribution in [0, 0.1) is 5.82 Å². The number of aliphatic hydroxyl groups excluding tert-OH is 1. The van der Waals surface area contributed by atoms with Crippen LogP contribution in [0.15, 0.2) is 30.6 Å². The van der Waals surface area contributed by atoms with Crippen LogP contribution < -0.4 is 0 Å². The highest BCUT2D eigenvalue weighted by Crippen LogP contribution is 2.30. The van der Waals surface area contributed by atoms with Gasteiger partial charge in [0.25, 0.3) is 0 Å². The summed E-state index contributed by atoms with van der Waals surface area (Å²) >= 11 is 5.78. The zero-order valence-corrected chi connectivity index (χ0v) is 11.2. The molecule has 0 fully saturated rings. The normalized spacial score (nSPS) is 18.4. The van der Waals surface area contributed by atoms with Gasteiger partial charge in [-0.2, -0.15) is 0 Å². The maximum atomic E-state index is 13.9. The molecule has 0 aliphatic heterocycles. The number of rotatable bonds is 2. The average molecular weight is 280 g/mol. The first-order valence-electron chi connectivity index (χ1n) is 6.44. The van der Waals surface area contributed by atoms with Gasteiger partial charge in [0.15, 0.2) is 0 Å². The predicted molar refractivity (Wildman–Crippen MR) is 72.8 cm³/mol. The van der Waals surface area contributed by atoms with Crippen molar-refractivity contribution in [1.29, 1.82) is 0 Å². The van der Waals surface area contributed by atoms with Crippen LogP contribution in [0.5, 0.6) is 0 Å². The van der Waals surface area contributed by atoms with Crippen molar-refractivity contribution >= 4 is 11.6 Å². The molecule has 100 valence electrons. The number of halogens is 2. The van der Waals surface area contributed by atoms with Gasteiger partial charge in [-0.3, -0.25) is 0 Å². The maximum absolute atomic E-state index is 13.9. The molecule has 1 aromatic carbocycles. The molecule has 0 spiro atoms. The lowest BCUT2D eigenvalue weighted by Gasteiger charge is -2.16. The first kappa shape index (κ1) is 12.7. The summed E-state index contributed by atoms with van der Waals surface area (Å²) in [7, 11) is 0. The van der Waals surface area contributed by atoms with Gasteiger partial charge in [-0.1, -0.05) is 23.7 Å². The van der Waals surface area contributed by atoms with Gasteiger partial charge in [-0.05, 0) is 30.9 Å². The van der Waals surface area contributed by atoms with Gasteiger partial charge in [-0.15, -0.1) is 0 Å². The van der Waals surface area contributed by atoms with Crippen molar-refractivity contribution in [2.24, 2.45) is 0 Å². The lowest BCUT2D eigenvalue weighted by atomic mass is 9.93. The van der Waals surface area contributed by atoms with Crippen molar-refractivity contribution in [1.82, 2.24) is 4.57 Å². The molecule has 1 unspecified atom stereocenters. The molecule has 0 saturated carbocycles. The fourth-order valence-corrected chi connectivity index (χ4v) is 2.88. The van der Waals surface area contributed by atoms with Crippen LogP contribution in [0.3, 0.4) is 0 Å². The van der Waals surface area contributed by atoms with Gasteiger partial charge in [0.1, 0.15) is 5.82 Å². The largest absolute Gasteiger partial charge is 0.388 e. The number of aryl methyl sites for hydroxylation is 1. The fourth-order valence-electron chi connectivity index (χ4n) is 2.68. The lowest BCUT2D eigenvalue weighted by molar-refractivity contribution is 0.157. The molecular weight excluding hydrogens is 265 g/mol. The summed E-state index contributed by atoms with van der Waals surface area (Å²) in [6.07, 6.45) is 6.33. The third-order valence-electron chi connectivity index (χ3n) is 3.66. The summed E-state index contributed by atoms with van der Waals surface area (Å²) in [5, 5.41) is 10.1. The Kier molecular flexibility index (Phi) is 3.33. The van der Waals surface area contributed by atoms with Crippen molar-refractivity contribution in [3.8, 4) is 0 Å². The Labute approximate surface area is 116 Å². The van der Waals surface area contributed by atoms with E-state index in [9.17, 15) is 9.50 Å². The van der Waals surface area contributed by atoms with E-state index in [0.29, 0.717) is 12.1 Å². The summed E-state index contributed by atoms with van der Waals surface area (Å²) in [6, 6.07) is 5.03. The summed E-state index contributed by atoms with van der Waals surface area (Å²) in [4.78, 5) is 0. The molecule has 0 bridgehead atoms. The third kappa shape index (κ3) is 2.40. The Hall–Kier alpha value is -1.32. The smallest absolute Gasteiger partial charge is 0.146 e. The number of hydrogen-bond acceptors (Lipinski definition) is 1. The van der Waals surface area contributed by atoms with E-state index in [0.717, 1.165) is 24.8 Å². The number of hydrogen-bond donors (Lipinski definition) is 1. The Morgan fingerprint density at radius 3 is 3.00 bits per heavy atom. The molecule has 1 heterocycles. The molecule has 1 N–H and O–H groups in total. The molecule has 2 aromatic rings. The molecule has 3 rings (SSSR count). The predicted octanol–water partition coefficient (Wildman–Crippen LogP) is 3.70. The van der Waals surface area contributed by atoms with E-state index in [2.05, 4.69) is 0 Å². The van der Waals surface area contributed by atoms with Gasteiger partial charge >= 0.3 is 0 Å². The second-order valence-electron chi connectivity index (χ2n) is 5.03. The number of fused-ring (bicyclic) bond motifs is 1. The van der Waals surface area contributed by atoms with Crippen LogP contribution in [-0.4, -0.2) is 9.67 Å². The zero-order chi connectivity index (χ0) is 13.4. The van der Waals surface area contributed by atoms with Crippen molar-refractivity contribution in [2.45, 2.75) is 31.9 Å². The second kappa shape index (κ2) is 4.99. The van der Waals surface area contributed by atoms with Crippen molar-refractivity contribution in [3.63, 3.8) is 0 Å². The van der Waals surface area contributed by atoms with Crippen LogP contribution >= 0.6 is 11.6 Å².